The number of anilines is 1. The molecule has 0 unspecified atom stereocenters. The van der Waals surface area contributed by atoms with Crippen LogP contribution in [0.2, 0.25) is 0 Å². The fourth-order valence-corrected chi connectivity index (χ4v) is 2.16. The number of ether oxygens (including phenoxy) is 2. The molecular weight excluding hydrogens is 294 g/mol. The minimum absolute atomic E-state index is 0.374. The van der Waals surface area contributed by atoms with Crippen LogP contribution in [-0.4, -0.2) is 24.4 Å². The van der Waals surface area contributed by atoms with E-state index in [0.29, 0.717) is 29.9 Å². The lowest BCUT2D eigenvalue weighted by Crippen LogP contribution is -1.99. The van der Waals surface area contributed by atoms with Gasteiger partial charge in [-0.25, -0.2) is 0 Å². The third-order valence-corrected chi connectivity index (χ3v) is 3.35. The molecule has 0 radical (unpaired) electrons. The normalized spacial score (nSPS) is 10.3. The lowest BCUT2D eigenvalue weighted by Gasteiger charge is -2.07. The molecule has 0 bridgehead atoms. The van der Waals surface area contributed by atoms with E-state index in [0.717, 1.165) is 11.1 Å². The molecule has 0 aliphatic rings. The van der Waals surface area contributed by atoms with E-state index in [1.165, 1.54) is 0 Å². The van der Waals surface area contributed by atoms with Gasteiger partial charge in [0.2, 0.25) is 5.82 Å². The van der Waals surface area contributed by atoms with Crippen LogP contribution in [0.3, 0.4) is 0 Å². The molecule has 0 saturated carbocycles. The van der Waals surface area contributed by atoms with E-state index < -0.39 is 0 Å². The summed E-state index contributed by atoms with van der Waals surface area (Å²) in [5, 5.41) is 7.09. The Hall–Kier alpha value is -3.02. The molecule has 0 aliphatic heterocycles. The average Bonchev–Trinajstić information content (AvgIpc) is 3.09. The minimum Gasteiger partial charge on any atom is -0.493 e. The van der Waals surface area contributed by atoms with E-state index in [9.17, 15) is 0 Å². The average molecular weight is 311 g/mol. The highest BCUT2D eigenvalue weighted by Gasteiger charge is 2.11. The topological polar surface area (TPSA) is 69.4 Å². The number of benzene rings is 2. The van der Waals surface area contributed by atoms with Crippen LogP contribution in [0.15, 0.2) is 53.1 Å². The summed E-state index contributed by atoms with van der Waals surface area (Å²) >= 11 is 0. The highest BCUT2D eigenvalue weighted by Crippen LogP contribution is 2.31. The van der Waals surface area contributed by atoms with E-state index in [1.54, 1.807) is 14.2 Å². The lowest BCUT2D eigenvalue weighted by molar-refractivity contribution is 0.355. The molecule has 118 valence electrons. The number of methoxy groups -OCH3 is 2. The highest BCUT2D eigenvalue weighted by molar-refractivity contribution is 5.61. The van der Waals surface area contributed by atoms with Crippen LogP contribution in [0.25, 0.3) is 11.4 Å². The van der Waals surface area contributed by atoms with Gasteiger partial charge in [0.25, 0.3) is 0 Å². The van der Waals surface area contributed by atoms with Crippen LogP contribution in [0.5, 0.6) is 11.5 Å². The zero-order chi connectivity index (χ0) is 16.1. The number of hydrogen-bond acceptors (Lipinski definition) is 6. The Bertz CT molecular complexity index is 772. The van der Waals surface area contributed by atoms with Crippen molar-refractivity contribution in [3.05, 3.63) is 54.1 Å². The summed E-state index contributed by atoms with van der Waals surface area (Å²) in [6, 6.07) is 15.8. The molecule has 0 saturated heterocycles. The van der Waals surface area contributed by atoms with Crippen molar-refractivity contribution in [1.29, 1.82) is 0 Å². The molecule has 3 aromatic rings. The van der Waals surface area contributed by atoms with Gasteiger partial charge in [-0.05, 0) is 23.8 Å². The van der Waals surface area contributed by atoms with Gasteiger partial charge in [0.15, 0.2) is 11.5 Å². The zero-order valence-corrected chi connectivity index (χ0v) is 12.9. The van der Waals surface area contributed by atoms with Gasteiger partial charge in [0.05, 0.1) is 14.2 Å². The van der Waals surface area contributed by atoms with Gasteiger partial charge in [-0.3, -0.25) is 0 Å². The molecule has 6 heteroatoms. The maximum atomic E-state index is 5.28. The molecule has 0 aliphatic carbocycles. The summed E-state index contributed by atoms with van der Waals surface area (Å²) < 4.78 is 15.7. The van der Waals surface area contributed by atoms with Crippen molar-refractivity contribution in [3.63, 3.8) is 0 Å². The minimum atomic E-state index is 0.374. The van der Waals surface area contributed by atoms with E-state index in [-0.39, 0.29) is 0 Å². The fourth-order valence-electron chi connectivity index (χ4n) is 2.16. The Morgan fingerprint density at radius 1 is 1.00 bits per heavy atom. The Balaban J connectivity index is 1.74. The van der Waals surface area contributed by atoms with Gasteiger partial charge >= 0.3 is 6.01 Å². The molecule has 23 heavy (non-hydrogen) atoms. The molecule has 0 amide bonds. The predicted molar refractivity (Wildman–Crippen MR) is 86.6 cm³/mol. The SMILES string of the molecule is COc1ccc(-c2noc(NCc3ccccc3)n2)cc1OC. The summed E-state index contributed by atoms with van der Waals surface area (Å²) in [5.74, 6) is 1.76. The van der Waals surface area contributed by atoms with Crippen molar-refractivity contribution in [2.45, 2.75) is 6.54 Å². The second kappa shape index (κ2) is 6.83. The smallest absolute Gasteiger partial charge is 0.322 e. The lowest BCUT2D eigenvalue weighted by atomic mass is 10.2. The zero-order valence-electron chi connectivity index (χ0n) is 12.9. The van der Waals surface area contributed by atoms with Crippen molar-refractivity contribution in [3.8, 4) is 22.9 Å². The third-order valence-electron chi connectivity index (χ3n) is 3.35. The standard InChI is InChI=1S/C17H17N3O3/c1-21-14-9-8-13(10-15(14)22-2)16-19-17(23-20-16)18-11-12-6-4-3-5-7-12/h3-10H,11H2,1-2H3,(H,18,19,20). The number of hydrogen-bond donors (Lipinski definition) is 1. The Kier molecular flexibility index (Phi) is 4.42. The molecular formula is C17H17N3O3. The number of nitrogens with zero attached hydrogens (tertiary/aromatic N) is 2. The molecule has 6 nitrogen and oxygen atoms in total. The fraction of sp³-hybridized carbons (Fsp3) is 0.176. The highest BCUT2D eigenvalue weighted by atomic mass is 16.5. The maximum Gasteiger partial charge on any atom is 0.322 e. The van der Waals surface area contributed by atoms with Crippen molar-refractivity contribution >= 4 is 6.01 Å². The first kappa shape index (κ1) is 14.9. The first-order chi connectivity index (χ1) is 11.3. The molecule has 1 N–H and O–H groups in total. The monoisotopic (exact) mass is 311 g/mol. The van der Waals surface area contributed by atoms with Crippen LogP contribution in [0, 0.1) is 0 Å². The Morgan fingerprint density at radius 2 is 1.78 bits per heavy atom. The summed E-state index contributed by atoms with van der Waals surface area (Å²) in [6.45, 7) is 0.619. The first-order valence-electron chi connectivity index (χ1n) is 7.14. The molecule has 0 spiro atoms. The quantitative estimate of drug-likeness (QED) is 0.752. The van der Waals surface area contributed by atoms with Gasteiger partial charge in [0, 0.05) is 12.1 Å². The van der Waals surface area contributed by atoms with E-state index in [4.69, 9.17) is 14.0 Å². The molecule has 0 atom stereocenters. The van der Waals surface area contributed by atoms with Gasteiger partial charge in [-0.2, -0.15) is 4.98 Å². The van der Waals surface area contributed by atoms with Crippen LogP contribution in [0.4, 0.5) is 6.01 Å². The van der Waals surface area contributed by atoms with Crippen LogP contribution >= 0.6 is 0 Å². The predicted octanol–water partition coefficient (Wildman–Crippen LogP) is 3.37. The molecule has 3 rings (SSSR count). The molecule has 1 aromatic heterocycles. The molecule has 0 fully saturated rings. The van der Waals surface area contributed by atoms with Crippen molar-refractivity contribution in [2.75, 3.05) is 19.5 Å². The van der Waals surface area contributed by atoms with Crippen LogP contribution in [0.1, 0.15) is 5.56 Å². The third kappa shape index (κ3) is 3.42. The van der Waals surface area contributed by atoms with Gasteiger partial charge < -0.3 is 19.3 Å². The second-order valence-electron chi connectivity index (χ2n) is 4.83. The van der Waals surface area contributed by atoms with Crippen LogP contribution in [-0.2, 0) is 6.54 Å². The first-order valence-corrected chi connectivity index (χ1v) is 7.14. The van der Waals surface area contributed by atoms with E-state index in [1.807, 2.05) is 48.5 Å². The second-order valence-corrected chi connectivity index (χ2v) is 4.83. The van der Waals surface area contributed by atoms with Crippen molar-refractivity contribution in [2.24, 2.45) is 0 Å². The Morgan fingerprint density at radius 3 is 2.52 bits per heavy atom. The number of rotatable bonds is 6. The maximum absolute atomic E-state index is 5.28. The summed E-state index contributed by atoms with van der Waals surface area (Å²) in [4.78, 5) is 4.34. The summed E-state index contributed by atoms with van der Waals surface area (Å²) in [6.07, 6.45) is 0. The van der Waals surface area contributed by atoms with Crippen molar-refractivity contribution in [1.82, 2.24) is 10.1 Å². The summed E-state index contributed by atoms with van der Waals surface area (Å²) in [5.41, 5.74) is 1.93. The van der Waals surface area contributed by atoms with Gasteiger partial charge in [-0.15, -0.1) is 0 Å². The largest absolute Gasteiger partial charge is 0.493 e. The van der Waals surface area contributed by atoms with Crippen molar-refractivity contribution < 1.29 is 14.0 Å². The van der Waals surface area contributed by atoms with E-state index in [2.05, 4.69) is 15.5 Å². The van der Waals surface area contributed by atoms with E-state index >= 15 is 0 Å². The van der Waals surface area contributed by atoms with Gasteiger partial charge in [0.1, 0.15) is 0 Å². The van der Waals surface area contributed by atoms with Gasteiger partial charge in [-0.1, -0.05) is 35.5 Å². The number of nitrogens with one attached hydrogen (secondary N) is 1. The summed E-state index contributed by atoms with van der Waals surface area (Å²) in [7, 11) is 3.18. The molecule has 2 aromatic carbocycles. The number of aromatic nitrogens is 2. The molecule has 1 heterocycles. The van der Waals surface area contributed by atoms with Crippen LogP contribution < -0.4 is 14.8 Å². The Labute approximate surface area is 134 Å².